The minimum Gasteiger partial charge on any atom is -0.457 e. The molecule has 27 heavy (non-hydrogen) atoms. The molecule has 9 heteroatoms. The maximum atomic E-state index is 14.1. The average Bonchev–Trinajstić information content (AvgIpc) is 2.68. The molecule has 0 aliphatic carbocycles. The van der Waals surface area contributed by atoms with E-state index in [1.54, 1.807) is 24.3 Å². The van der Waals surface area contributed by atoms with Crippen molar-refractivity contribution in [2.24, 2.45) is 0 Å². The fourth-order valence-corrected chi connectivity index (χ4v) is 4.26. The molecule has 2 aromatic carbocycles. The molecule has 6 nitrogen and oxygen atoms in total. The van der Waals surface area contributed by atoms with E-state index in [4.69, 9.17) is 9.47 Å². The number of morpholine rings is 1. The lowest BCUT2D eigenvalue weighted by Crippen LogP contribution is -2.40. The van der Waals surface area contributed by atoms with E-state index in [1.807, 2.05) is 0 Å². The van der Waals surface area contributed by atoms with Gasteiger partial charge in [0.05, 0.1) is 23.7 Å². The Morgan fingerprint density at radius 1 is 1.15 bits per heavy atom. The molecule has 1 saturated heterocycles. The zero-order chi connectivity index (χ0) is 19.4. The first-order valence-corrected chi connectivity index (χ1v) is 10.4. The quantitative estimate of drug-likeness (QED) is 0.645. The van der Waals surface area contributed by atoms with Crippen LogP contribution in [0.1, 0.15) is 15.9 Å². The lowest BCUT2D eigenvalue weighted by molar-refractivity contribution is 0.0467. The molecule has 0 radical (unpaired) electrons. The maximum Gasteiger partial charge on any atom is 0.341 e. The van der Waals surface area contributed by atoms with Gasteiger partial charge < -0.3 is 9.47 Å². The minimum absolute atomic E-state index is 0.0496. The molecule has 1 aliphatic rings. The molecule has 0 amide bonds. The Bertz CT molecular complexity index is 927. The van der Waals surface area contributed by atoms with Gasteiger partial charge in [-0.1, -0.05) is 28.1 Å². The van der Waals surface area contributed by atoms with Crippen molar-refractivity contribution in [3.8, 4) is 0 Å². The van der Waals surface area contributed by atoms with Gasteiger partial charge in [0.25, 0.3) is 0 Å². The van der Waals surface area contributed by atoms with Crippen molar-refractivity contribution < 1.29 is 27.1 Å². The molecule has 0 spiro atoms. The van der Waals surface area contributed by atoms with Crippen molar-refractivity contribution in [3.05, 3.63) is 63.9 Å². The van der Waals surface area contributed by atoms with Gasteiger partial charge in [-0.3, -0.25) is 0 Å². The first-order valence-electron chi connectivity index (χ1n) is 8.17. The second-order valence-electron chi connectivity index (χ2n) is 5.86. The predicted molar refractivity (Wildman–Crippen MR) is 99.2 cm³/mol. The molecule has 2 aromatic rings. The van der Waals surface area contributed by atoms with E-state index in [-0.39, 0.29) is 24.6 Å². The molecule has 0 aromatic heterocycles. The van der Waals surface area contributed by atoms with Crippen LogP contribution < -0.4 is 0 Å². The monoisotopic (exact) mass is 457 g/mol. The third kappa shape index (κ3) is 4.73. The summed E-state index contributed by atoms with van der Waals surface area (Å²) in [5.41, 5.74) is 0.311. The molecule has 0 saturated carbocycles. The number of carbonyl (C=O) groups excluding carboxylic acids is 1. The van der Waals surface area contributed by atoms with Crippen LogP contribution in [0.5, 0.6) is 0 Å². The van der Waals surface area contributed by atoms with E-state index in [0.29, 0.717) is 13.2 Å². The highest BCUT2D eigenvalue weighted by atomic mass is 79.9. The van der Waals surface area contributed by atoms with Gasteiger partial charge in [-0.05, 0) is 35.9 Å². The van der Waals surface area contributed by atoms with Gasteiger partial charge in [0.15, 0.2) is 0 Å². The van der Waals surface area contributed by atoms with E-state index in [0.717, 1.165) is 28.2 Å². The summed E-state index contributed by atoms with van der Waals surface area (Å²) in [7, 11) is -3.83. The topological polar surface area (TPSA) is 72.9 Å². The lowest BCUT2D eigenvalue weighted by Gasteiger charge is -2.26. The zero-order valence-electron chi connectivity index (χ0n) is 14.2. The number of hydrogen-bond donors (Lipinski definition) is 0. The van der Waals surface area contributed by atoms with Crippen LogP contribution in [-0.2, 0) is 26.1 Å². The summed E-state index contributed by atoms with van der Waals surface area (Å²) in [6.45, 7) is 0.961. The number of hydrogen-bond acceptors (Lipinski definition) is 5. The van der Waals surface area contributed by atoms with Crippen LogP contribution in [0.2, 0.25) is 0 Å². The molecule has 1 heterocycles. The number of sulfonamides is 1. The molecule has 0 N–H and O–H groups in total. The Kier molecular flexibility index (Phi) is 6.25. The third-order valence-electron chi connectivity index (χ3n) is 4.05. The molecule has 0 bridgehead atoms. The average molecular weight is 458 g/mol. The third-order valence-corrected chi connectivity index (χ3v) is 6.47. The van der Waals surface area contributed by atoms with Crippen LogP contribution >= 0.6 is 15.9 Å². The van der Waals surface area contributed by atoms with Crippen LogP contribution in [0.25, 0.3) is 0 Å². The van der Waals surface area contributed by atoms with Gasteiger partial charge in [-0.2, -0.15) is 4.31 Å². The van der Waals surface area contributed by atoms with Crippen LogP contribution in [0.4, 0.5) is 4.39 Å². The number of esters is 1. The van der Waals surface area contributed by atoms with Crippen molar-refractivity contribution in [1.29, 1.82) is 0 Å². The number of nitrogens with zero attached hydrogens (tertiary/aromatic N) is 1. The summed E-state index contributed by atoms with van der Waals surface area (Å²) >= 11 is 3.30. The second-order valence-corrected chi connectivity index (χ2v) is 8.71. The second kappa shape index (κ2) is 8.47. The number of ether oxygens (including phenoxy) is 2. The first kappa shape index (κ1) is 19.9. The van der Waals surface area contributed by atoms with Crippen molar-refractivity contribution >= 4 is 31.9 Å². The highest BCUT2D eigenvalue weighted by Crippen LogP contribution is 2.21. The van der Waals surface area contributed by atoms with Gasteiger partial charge in [-0.25, -0.2) is 17.6 Å². The van der Waals surface area contributed by atoms with Crippen LogP contribution in [0.15, 0.2) is 51.8 Å². The lowest BCUT2D eigenvalue weighted by atomic mass is 10.2. The summed E-state index contributed by atoms with van der Waals surface area (Å²) in [5.74, 6) is -1.76. The summed E-state index contributed by atoms with van der Waals surface area (Å²) in [6.07, 6.45) is 0. The normalized spacial score (nSPS) is 15.5. The van der Waals surface area contributed by atoms with Gasteiger partial charge in [0.1, 0.15) is 12.4 Å². The zero-order valence-corrected chi connectivity index (χ0v) is 16.6. The van der Waals surface area contributed by atoms with E-state index in [1.165, 1.54) is 4.31 Å². The summed E-state index contributed by atoms with van der Waals surface area (Å²) < 4.78 is 51.9. The molecule has 144 valence electrons. The Hall–Kier alpha value is -1.81. The molecule has 3 rings (SSSR count). The predicted octanol–water partition coefficient (Wildman–Crippen LogP) is 2.97. The SMILES string of the molecule is O=C(OCc1ccc(Br)cc1)c1cc(S(=O)(=O)N2CCOCC2)ccc1F. The molecular weight excluding hydrogens is 441 g/mol. The van der Waals surface area contributed by atoms with Crippen LogP contribution in [0, 0.1) is 5.82 Å². The Balaban J connectivity index is 1.78. The Labute approximate surface area is 165 Å². The van der Waals surface area contributed by atoms with E-state index in [9.17, 15) is 17.6 Å². The number of benzene rings is 2. The van der Waals surface area contributed by atoms with Crippen molar-refractivity contribution in [3.63, 3.8) is 0 Å². The first-order chi connectivity index (χ1) is 12.9. The fourth-order valence-electron chi connectivity index (χ4n) is 2.56. The van der Waals surface area contributed by atoms with Crippen molar-refractivity contribution in [1.82, 2.24) is 4.31 Å². The van der Waals surface area contributed by atoms with Gasteiger partial charge >= 0.3 is 5.97 Å². The minimum atomic E-state index is -3.83. The maximum absolute atomic E-state index is 14.1. The van der Waals surface area contributed by atoms with E-state index in [2.05, 4.69) is 15.9 Å². The van der Waals surface area contributed by atoms with Crippen LogP contribution in [-0.4, -0.2) is 45.0 Å². The molecule has 1 aliphatic heterocycles. The number of carbonyl (C=O) groups is 1. The summed E-state index contributed by atoms with van der Waals surface area (Å²) in [6, 6.07) is 10.2. The van der Waals surface area contributed by atoms with Gasteiger partial charge in [0.2, 0.25) is 10.0 Å². The van der Waals surface area contributed by atoms with Gasteiger partial charge in [-0.15, -0.1) is 0 Å². The molecule has 1 fully saturated rings. The number of halogens is 2. The van der Waals surface area contributed by atoms with E-state index < -0.39 is 27.4 Å². The van der Waals surface area contributed by atoms with Crippen LogP contribution in [0.3, 0.4) is 0 Å². The Morgan fingerprint density at radius 2 is 1.81 bits per heavy atom. The van der Waals surface area contributed by atoms with Crippen molar-refractivity contribution in [2.75, 3.05) is 26.3 Å². The molecule has 0 atom stereocenters. The smallest absolute Gasteiger partial charge is 0.341 e. The summed E-state index contributed by atoms with van der Waals surface area (Å²) in [4.78, 5) is 12.1. The van der Waals surface area contributed by atoms with E-state index >= 15 is 0 Å². The highest BCUT2D eigenvalue weighted by Gasteiger charge is 2.28. The van der Waals surface area contributed by atoms with Crippen molar-refractivity contribution in [2.45, 2.75) is 11.5 Å². The molecule has 0 unspecified atom stereocenters. The largest absolute Gasteiger partial charge is 0.457 e. The highest BCUT2D eigenvalue weighted by molar-refractivity contribution is 9.10. The number of rotatable bonds is 5. The fraction of sp³-hybridized carbons (Fsp3) is 0.278. The Morgan fingerprint density at radius 3 is 2.48 bits per heavy atom. The summed E-state index contributed by atoms with van der Waals surface area (Å²) in [5, 5.41) is 0. The van der Waals surface area contributed by atoms with Gasteiger partial charge in [0, 0.05) is 17.6 Å². The molecular formula is C18H17BrFNO5S. The standard InChI is InChI=1S/C18H17BrFNO5S/c19-14-3-1-13(2-4-14)12-26-18(22)16-11-15(5-6-17(16)20)27(23,24)21-7-9-25-10-8-21/h1-6,11H,7-10,12H2.